The minimum atomic E-state index is -0.743. The molecule has 0 spiro atoms. The fourth-order valence-corrected chi connectivity index (χ4v) is 1.37. The molecule has 2 N–H and O–H groups in total. The molecule has 0 aliphatic rings. The number of carbonyl (C=O) groups is 1. The number of nitrogens with zero attached hydrogens (tertiary/aromatic N) is 2. The van der Waals surface area contributed by atoms with Crippen molar-refractivity contribution in [2.24, 2.45) is 0 Å². The number of anilines is 1. The molecule has 1 aromatic carbocycles. The third-order valence-corrected chi connectivity index (χ3v) is 2.20. The summed E-state index contributed by atoms with van der Waals surface area (Å²) in [5.41, 5.74) is -0.768. The van der Waals surface area contributed by atoms with E-state index in [9.17, 15) is 25.0 Å². The van der Waals surface area contributed by atoms with Crippen molar-refractivity contribution in [3.63, 3.8) is 0 Å². The first-order valence-corrected chi connectivity index (χ1v) is 5.39. The molecule has 19 heavy (non-hydrogen) atoms. The number of benzene rings is 1. The highest BCUT2D eigenvalue weighted by Crippen LogP contribution is 2.28. The van der Waals surface area contributed by atoms with Crippen LogP contribution in [0.3, 0.4) is 0 Å². The molecule has 0 aliphatic carbocycles. The summed E-state index contributed by atoms with van der Waals surface area (Å²) in [4.78, 5) is 31.1. The fourth-order valence-electron chi connectivity index (χ4n) is 1.37. The van der Waals surface area contributed by atoms with E-state index in [0.29, 0.717) is 6.54 Å². The Morgan fingerprint density at radius 1 is 1.26 bits per heavy atom. The van der Waals surface area contributed by atoms with E-state index in [4.69, 9.17) is 0 Å². The van der Waals surface area contributed by atoms with Crippen LogP contribution in [0.25, 0.3) is 0 Å². The number of rotatable bonds is 6. The molecule has 1 aromatic rings. The molecule has 0 aliphatic heterocycles. The van der Waals surface area contributed by atoms with Crippen molar-refractivity contribution in [3.05, 3.63) is 38.4 Å². The Balaban J connectivity index is 2.91. The number of nitro benzene ring substituents is 2. The number of carbonyl (C=O) groups excluding carboxylic acids is 1. The summed E-state index contributed by atoms with van der Waals surface area (Å²) in [5.74, 6) is -0.324. The molecule has 1 rings (SSSR count). The summed E-state index contributed by atoms with van der Waals surface area (Å²) in [7, 11) is 0. The Hall–Kier alpha value is -2.71. The topological polar surface area (TPSA) is 127 Å². The molecule has 0 fully saturated rings. The SMILES string of the molecule is CCNC(=O)CNc1ccc([N+](=O)[O-])cc1[N+](=O)[O-]. The highest BCUT2D eigenvalue weighted by Gasteiger charge is 2.19. The number of nitrogens with one attached hydrogen (secondary N) is 2. The van der Waals surface area contributed by atoms with Crippen LogP contribution in [0.2, 0.25) is 0 Å². The molecule has 9 nitrogen and oxygen atoms in total. The Bertz CT molecular complexity index is 517. The molecular weight excluding hydrogens is 256 g/mol. The van der Waals surface area contributed by atoms with Gasteiger partial charge in [-0.2, -0.15) is 0 Å². The highest BCUT2D eigenvalue weighted by molar-refractivity contribution is 5.81. The summed E-state index contributed by atoms with van der Waals surface area (Å²) in [6.45, 7) is 2.04. The van der Waals surface area contributed by atoms with Gasteiger partial charge in [0.05, 0.1) is 22.5 Å². The summed E-state index contributed by atoms with van der Waals surface area (Å²) in [6.07, 6.45) is 0. The fraction of sp³-hybridized carbons (Fsp3) is 0.300. The van der Waals surface area contributed by atoms with Crippen LogP contribution in [0, 0.1) is 20.2 Å². The van der Waals surface area contributed by atoms with Gasteiger partial charge in [0.25, 0.3) is 11.4 Å². The zero-order valence-electron chi connectivity index (χ0n) is 10.1. The van der Waals surface area contributed by atoms with Crippen molar-refractivity contribution in [3.8, 4) is 0 Å². The Morgan fingerprint density at radius 3 is 2.47 bits per heavy atom. The van der Waals surface area contributed by atoms with Gasteiger partial charge in [0.15, 0.2) is 0 Å². The second-order valence-corrected chi connectivity index (χ2v) is 3.52. The normalized spacial score (nSPS) is 9.74. The molecule has 0 aromatic heterocycles. The average molecular weight is 268 g/mol. The number of likely N-dealkylation sites (N-methyl/N-ethyl adjacent to an activating group) is 1. The van der Waals surface area contributed by atoms with Crippen molar-refractivity contribution >= 4 is 23.0 Å². The van der Waals surface area contributed by atoms with Crippen molar-refractivity contribution in [1.29, 1.82) is 0 Å². The maximum atomic E-state index is 11.2. The minimum absolute atomic E-state index is 0.0573. The van der Waals surface area contributed by atoms with E-state index in [1.165, 1.54) is 6.07 Å². The largest absolute Gasteiger partial charge is 0.371 e. The Labute approximate surface area is 107 Å². The molecule has 0 heterocycles. The van der Waals surface area contributed by atoms with Crippen LogP contribution >= 0.6 is 0 Å². The van der Waals surface area contributed by atoms with E-state index in [-0.39, 0.29) is 23.8 Å². The maximum absolute atomic E-state index is 11.2. The third-order valence-electron chi connectivity index (χ3n) is 2.20. The Morgan fingerprint density at radius 2 is 1.95 bits per heavy atom. The summed E-state index contributed by atoms with van der Waals surface area (Å²) >= 11 is 0. The lowest BCUT2D eigenvalue weighted by Crippen LogP contribution is -2.29. The van der Waals surface area contributed by atoms with Crippen LogP contribution in [0.5, 0.6) is 0 Å². The molecule has 0 radical (unpaired) electrons. The first-order chi connectivity index (χ1) is 8.95. The lowest BCUT2D eigenvalue weighted by molar-refractivity contribution is -0.393. The Kier molecular flexibility index (Phi) is 4.75. The van der Waals surface area contributed by atoms with Gasteiger partial charge in [-0.05, 0) is 13.0 Å². The van der Waals surface area contributed by atoms with Gasteiger partial charge in [-0.3, -0.25) is 25.0 Å². The van der Waals surface area contributed by atoms with Gasteiger partial charge in [-0.15, -0.1) is 0 Å². The molecule has 102 valence electrons. The zero-order chi connectivity index (χ0) is 14.4. The van der Waals surface area contributed by atoms with E-state index >= 15 is 0 Å². The number of non-ortho nitro benzene ring substituents is 1. The molecule has 0 unspecified atom stereocenters. The predicted octanol–water partition coefficient (Wildman–Crippen LogP) is 1.05. The standard InChI is InChI=1S/C10H12N4O5/c1-2-11-10(15)6-12-8-4-3-7(13(16)17)5-9(8)14(18)19/h3-5,12H,2,6H2,1H3,(H,11,15). The van der Waals surface area contributed by atoms with E-state index in [1.807, 2.05) is 0 Å². The van der Waals surface area contributed by atoms with Crippen LogP contribution in [-0.4, -0.2) is 28.8 Å². The summed E-state index contributed by atoms with van der Waals surface area (Å²) in [6, 6.07) is 3.18. The van der Waals surface area contributed by atoms with E-state index in [1.54, 1.807) is 6.92 Å². The van der Waals surface area contributed by atoms with Crippen LogP contribution in [-0.2, 0) is 4.79 Å². The van der Waals surface area contributed by atoms with Gasteiger partial charge >= 0.3 is 0 Å². The molecule has 0 saturated carbocycles. The van der Waals surface area contributed by atoms with Crippen LogP contribution in [0.4, 0.5) is 17.1 Å². The van der Waals surface area contributed by atoms with Crippen molar-refractivity contribution < 1.29 is 14.6 Å². The molecular formula is C10H12N4O5. The zero-order valence-corrected chi connectivity index (χ0v) is 10.1. The number of amides is 1. The summed E-state index contributed by atoms with van der Waals surface area (Å²) in [5, 5.41) is 26.4. The molecule has 9 heteroatoms. The van der Waals surface area contributed by atoms with Crippen LogP contribution in [0.1, 0.15) is 6.92 Å². The minimum Gasteiger partial charge on any atom is -0.371 e. The van der Waals surface area contributed by atoms with Gasteiger partial charge < -0.3 is 10.6 Å². The lowest BCUT2D eigenvalue weighted by Gasteiger charge is -2.06. The quantitative estimate of drug-likeness (QED) is 0.586. The number of hydrogen-bond donors (Lipinski definition) is 2. The average Bonchev–Trinajstić information content (AvgIpc) is 2.36. The van der Waals surface area contributed by atoms with E-state index < -0.39 is 15.5 Å². The predicted molar refractivity (Wildman–Crippen MR) is 66.9 cm³/mol. The third kappa shape index (κ3) is 3.91. The number of nitro groups is 2. The molecule has 0 atom stereocenters. The molecule has 1 amide bonds. The second kappa shape index (κ2) is 6.28. The van der Waals surface area contributed by atoms with Crippen LogP contribution in [0.15, 0.2) is 18.2 Å². The van der Waals surface area contributed by atoms with Gasteiger partial charge in [-0.1, -0.05) is 0 Å². The van der Waals surface area contributed by atoms with Gasteiger partial charge in [0, 0.05) is 12.6 Å². The first kappa shape index (κ1) is 14.4. The van der Waals surface area contributed by atoms with Gasteiger partial charge in [0.1, 0.15) is 5.69 Å². The molecule has 0 bridgehead atoms. The highest BCUT2D eigenvalue weighted by atomic mass is 16.6. The van der Waals surface area contributed by atoms with Gasteiger partial charge in [-0.25, -0.2) is 0 Å². The smallest absolute Gasteiger partial charge is 0.299 e. The first-order valence-electron chi connectivity index (χ1n) is 5.39. The van der Waals surface area contributed by atoms with E-state index in [2.05, 4.69) is 10.6 Å². The summed E-state index contributed by atoms with van der Waals surface area (Å²) < 4.78 is 0. The second-order valence-electron chi connectivity index (χ2n) is 3.52. The molecule has 0 saturated heterocycles. The van der Waals surface area contributed by atoms with Gasteiger partial charge in [0.2, 0.25) is 5.91 Å². The van der Waals surface area contributed by atoms with E-state index in [0.717, 1.165) is 12.1 Å². The van der Waals surface area contributed by atoms with Crippen LogP contribution < -0.4 is 10.6 Å². The maximum Gasteiger partial charge on any atom is 0.299 e. The van der Waals surface area contributed by atoms with Crippen molar-refractivity contribution in [2.75, 3.05) is 18.4 Å². The van der Waals surface area contributed by atoms with Crippen molar-refractivity contribution in [2.45, 2.75) is 6.92 Å². The number of hydrogen-bond acceptors (Lipinski definition) is 6. The van der Waals surface area contributed by atoms with Crippen molar-refractivity contribution in [1.82, 2.24) is 5.32 Å². The monoisotopic (exact) mass is 268 g/mol. The lowest BCUT2D eigenvalue weighted by atomic mass is 10.2.